The molecule has 0 saturated carbocycles. The van der Waals surface area contributed by atoms with Crippen LogP contribution in [0.5, 0.6) is 11.5 Å². The largest absolute Gasteiger partial charge is 0.494 e. The molecule has 0 radical (unpaired) electrons. The highest BCUT2D eigenvalue weighted by molar-refractivity contribution is 9.09. The molecule has 18 heteroatoms. The zero-order valence-corrected chi connectivity index (χ0v) is 23.2. The summed E-state index contributed by atoms with van der Waals surface area (Å²) in [5.74, 6) is -37.5. The normalized spacial score (nSPS) is 13.9. The lowest BCUT2D eigenvalue weighted by Gasteiger charge is -2.39. The SMILES string of the molecule is FC(F)(F)C(F)(F)C(F)(F)C(F)(F)C(F)(F)C(F)(F)COc1ccc(N=Nc2ccc(OCCCCCCBr)cc2)cc1. The van der Waals surface area contributed by atoms with Crippen LogP contribution in [-0.2, 0) is 0 Å². The number of benzene rings is 2. The predicted molar refractivity (Wildman–Crippen MR) is 131 cm³/mol. The first-order valence-corrected chi connectivity index (χ1v) is 13.2. The number of azo groups is 1. The first-order chi connectivity index (χ1) is 19.7. The number of rotatable bonds is 16. The summed E-state index contributed by atoms with van der Waals surface area (Å²) in [6.07, 6.45) is -3.44. The second-order valence-corrected chi connectivity index (χ2v) is 9.72. The lowest BCUT2D eigenvalue weighted by atomic mass is 9.94. The Morgan fingerprint density at radius 3 is 1.37 bits per heavy atom. The molecular weight excluding hydrogens is 687 g/mol. The molecule has 4 nitrogen and oxygen atoms in total. The van der Waals surface area contributed by atoms with Crippen LogP contribution in [0.1, 0.15) is 25.7 Å². The Hall–Kier alpha value is -2.79. The molecule has 0 atom stereocenters. The van der Waals surface area contributed by atoms with Gasteiger partial charge in [-0.25, -0.2) is 0 Å². The first-order valence-electron chi connectivity index (χ1n) is 12.1. The maximum atomic E-state index is 13.9. The quantitative estimate of drug-likeness (QED) is 0.0754. The van der Waals surface area contributed by atoms with E-state index in [1.54, 1.807) is 24.3 Å². The third-order valence-electron chi connectivity index (χ3n) is 5.67. The smallest absolute Gasteiger partial charge is 0.460 e. The highest BCUT2D eigenvalue weighted by atomic mass is 79.9. The monoisotopic (exact) mass is 708 g/mol. The van der Waals surface area contributed by atoms with Gasteiger partial charge in [-0.15, -0.1) is 0 Å². The molecule has 43 heavy (non-hydrogen) atoms. The molecule has 0 aromatic heterocycles. The van der Waals surface area contributed by atoms with Gasteiger partial charge < -0.3 is 9.47 Å². The molecule has 2 aromatic rings. The van der Waals surface area contributed by atoms with Crippen LogP contribution in [0.2, 0.25) is 0 Å². The Bertz CT molecular complexity index is 1190. The molecule has 0 heterocycles. The summed E-state index contributed by atoms with van der Waals surface area (Å²) in [6.45, 7) is -2.28. The van der Waals surface area contributed by atoms with Crippen LogP contribution in [0.4, 0.5) is 68.5 Å². The topological polar surface area (TPSA) is 43.2 Å². The number of nitrogens with zero attached hydrogens (tertiary/aromatic N) is 2. The van der Waals surface area contributed by atoms with Gasteiger partial charge in [0.15, 0.2) is 6.61 Å². The fraction of sp³-hybridized carbons (Fsp3) is 0.520. The molecule has 242 valence electrons. The van der Waals surface area contributed by atoms with Gasteiger partial charge in [0.1, 0.15) is 11.5 Å². The van der Waals surface area contributed by atoms with Crippen LogP contribution < -0.4 is 9.47 Å². The number of ether oxygens (including phenoxy) is 2. The van der Waals surface area contributed by atoms with Gasteiger partial charge in [0.05, 0.1) is 18.0 Å². The number of halogens is 14. The summed E-state index contributed by atoms with van der Waals surface area (Å²) >= 11 is 3.35. The Morgan fingerprint density at radius 1 is 0.512 bits per heavy atom. The summed E-state index contributed by atoms with van der Waals surface area (Å²) in [4.78, 5) is 0. The van der Waals surface area contributed by atoms with Crippen LogP contribution in [0.25, 0.3) is 0 Å². The minimum Gasteiger partial charge on any atom is -0.494 e. The fourth-order valence-corrected chi connectivity index (χ4v) is 3.54. The van der Waals surface area contributed by atoms with E-state index >= 15 is 0 Å². The summed E-state index contributed by atoms with van der Waals surface area (Å²) in [5.41, 5.74) is 0.412. The van der Waals surface area contributed by atoms with Crippen molar-refractivity contribution in [3.05, 3.63) is 48.5 Å². The summed E-state index contributed by atoms with van der Waals surface area (Å²) in [6, 6.07) is 10.1. The van der Waals surface area contributed by atoms with Gasteiger partial charge in [0, 0.05) is 5.33 Å². The molecule has 0 aliphatic carbocycles. The Morgan fingerprint density at radius 2 is 0.930 bits per heavy atom. The molecule has 0 unspecified atom stereocenters. The summed E-state index contributed by atoms with van der Waals surface area (Å²) in [5, 5.41) is 8.64. The zero-order chi connectivity index (χ0) is 32.7. The van der Waals surface area contributed by atoms with Crippen LogP contribution >= 0.6 is 15.9 Å². The Balaban J connectivity index is 2.01. The summed E-state index contributed by atoms with van der Waals surface area (Å²) < 4.78 is 181. The highest BCUT2D eigenvalue weighted by Gasteiger charge is 2.90. The molecule has 2 rings (SSSR count). The van der Waals surface area contributed by atoms with Gasteiger partial charge >= 0.3 is 35.8 Å². The standard InChI is InChI=1S/C25H22BrF13N2O2/c26-13-3-1-2-4-14-42-18-9-5-16(6-10-18)40-41-17-7-11-19(12-8-17)43-15-20(27,28)21(29,30)22(31,32)23(33,34)24(35,36)25(37,38)39/h5-12H,1-4,13-15H2. The molecule has 0 aliphatic rings. The van der Waals surface area contributed by atoms with E-state index in [1.165, 1.54) is 0 Å². The average Bonchev–Trinajstić information content (AvgIpc) is 2.93. The Kier molecular flexibility index (Phi) is 11.8. The molecule has 0 bridgehead atoms. The van der Waals surface area contributed by atoms with Crippen molar-refractivity contribution in [2.45, 2.75) is 61.5 Å². The van der Waals surface area contributed by atoms with Crippen LogP contribution in [0, 0.1) is 0 Å². The fourth-order valence-electron chi connectivity index (χ4n) is 3.14. The average molecular weight is 709 g/mol. The molecule has 2 aromatic carbocycles. The first kappa shape index (κ1) is 36.4. The van der Waals surface area contributed by atoms with E-state index in [2.05, 4.69) is 30.9 Å². The lowest BCUT2D eigenvalue weighted by Crippen LogP contribution is -2.70. The van der Waals surface area contributed by atoms with Gasteiger partial charge in [-0.3, -0.25) is 0 Å². The number of alkyl halides is 14. The molecule has 0 N–H and O–H groups in total. The summed E-state index contributed by atoms with van der Waals surface area (Å²) in [7, 11) is 0. The van der Waals surface area contributed by atoms with E-state index in [1.807, 2.05) is 0 Å². The molecule has 0 spiro atoms. The maximum absolute atomic E-state index is 13.9. The van der Waals surface area contributed by atoms with E-state index in [-0.39, 0.29) is 5.69 Å². The molecular formula is C25H22BrF13N2O2. The van der Waals surface area contributed by atoms with Crippen molar-refractivity contribution in [3.63, 3.8) is 0 Å². The van der Waals surface area contributed by atoms with Crippen LogP contribution in [-0.4, -0.2) is 54.3 Å². The minimum atomic E-state index is -7.96. The van der Waals surface area contributed by atoms with Crippen molar-refractivity contribution >= 4 is 27.3 Å². The lowest BCUT2D eigenvalue weighted by molar-refractivity contribution is -0.440. The molecule has 0 saturated heterocycles. The van der Waals surface area contributed by atoms with Crippen LogP contribution in [0.15, 0.2) is 58.8 Å². The third kappa shape index (κ3) is 8.23. The minimum absolute atomic E-state index is 0.0498. The predicted octanol–water partition coefficient (Wildman–Crippen LogP) is 10.6. The van der Waals surface area contributed by atoms with E-state index < -0.39 is 48.1 Å². The van der Waals surface area contributed by atoms with E-state index in [4.69, 9.17) is 4.74 Å². The van der Waals surface area contributed by atoms with E-state index in [0.29, 0.717) is 18.0 Å². The third-order valence-corrected chi connectivity index (χ3v) is 6.23. The van der Waals surface area contributed by atoms with Gasteiger partial charge in [0.2, 0.25) is 0 Å². The van der Waals surface area contributed by atoms with Crippen molar-refractivity contribution in [3.8, 4) is 11.5 Å². The van der Waals surface area contributed by atoms with E-state index in [0.717, 1.165) is 55.3 Å². The zero-order valence-electron chi connectivity index (χ0n) is 21.6. The van der Waals surface area contributed by atoms with Crippen molar-refractivity contribution < 1.29 is 66.5 Å². The number of unbranched alkanes of at least 4 members (excludes halogenated alkanes) is 3. The van der Waals surface area contributed by atoms with Gasteiger partial charge in [-0.2, -0.15) is 67.3 Å². The number of hydrogen-bond acceptors (Lipinski definition) is 4. The Labute approximate surface area is 244 Å². The van der Waals surface area contributed by atoms with Crippen molar-refractivity contribution in [1.82, 2.24) is 0 Å². The van der Waals surface area contributed by atoms with Gasteiger partial charge in [-0.1, -0.05) is 28.8 Å². The van der Waals surface area contributed by atoms with Crippen molar-refractivity contribution in [1.29, 1.82) is 0 Å². The van der Waals surface area contributed by atoms with Gasteiger partial charge in [-0.05, 0) is 61.4 Å². The molecule has 0 fully saturated rings. The molecule has 0 amide bonds. The number of hydrogen-bond donors (Lipinski definition) is 0. The van der Waals surface area contributed by atoms with Gasteiger partial charge in [0.25, 0.3) is 0 Å². The second kappa shape index (κ2) is 13.9. The van der Waals surface area contributed by atoms with E-state index in [9.17, 15) is 57.1 Å². The molecule has 0 aliphatic heterocycles. The highest BCUT2D eigenvalue weighted by Crippen LogP contribution is 2.60. The van der Waals surface area contributed by atoms with Crippen molar-refractivity contribution in [2.24, 2.45) is 10.2 Å². The maximum Gasteiger partial charge on any atom is 0.460 e. The van der Waals surface area contributed by atoms with Crippen LogP contribution in [0.3, 0.4) is 0 Å². The van der Waals surface area contributed by atoms with Crippen molar-refractivity contribution in [2.75, 3.05) is 18.5 Å². The second-order valence-electron chi connectivity index (χ2n) is 8.93.